The van der Waals surface area contributed by atoms with Crippen LogP contribution in [0.25, 0.3) is 5.78 Å². The van der Waals surface area contributed by atoms with Gasteiger partial charge < -0.3 is 26.0 Å². The standard InChI is InChI=1S/C32H32N8O5/c1-3-12-45-30(43)23-6-7-24-22(18(23)2)8-9-25(24)37-29(42)27-14-26(38-32-35-17-36-40(27)32)28(41)34-15-19-4-5-20-10-11-39(31(33)44)16-21(20)13-19/h3-7,13-14,17,25H,1,8-12,15-16H2,2H3,(H2,33,44)(H,34,41)(H,37,42)/t25-/m0/s1. The molecule has 1 aliphatic carbocycles. The van der Waals surface area contributed by atoms with E-state index in [1.54, 1.807) is 11.0 Å². The molecule has 0 bridgehead atoms. The number of fused-ring (bicyclic) bond motifs is 3. The van der Waals surface area contributed by atoms with E-state index in [0.717, 1.165) is 39.8 Å². The number of hydrogen-bond donors (Lipinski definition) is 3. The van der Waals surface area contributed by atoms with E-state index in [0.29, 0.717) is 31.5 Å². The largest absolute Gasteiger partial charge is 0.458 e. The molecule has 45 heavy (non-hydrogen) atoms. The van der Waals surface area contributed by atoms with Crippen molar-refractivity contribution >= 4 is 29.6 Å². The number of aromatic nitrogens is 4. The average Bonchev–Trinajstić information content (AvgIpc) is 3.69. The number of carbonyl (C=O) groups excluding carboxylic acids is 4. The Morgan fingerprint density at radius 3 is 2.76 bits per heavy atom. The van der Waals surface area contributed by atoms with E-state index < -0.39 is 23.8 Å². The zero-order valence-corrected chi connectivity index (χ0v) is 24.7. The maximum absolute atomic E-state index is 13.6. The Bertz CT molecular complexity index is 1870. The molecule has 0 saturated heterocycles. The van der Waals surface area contributed by atoms with Crippen LogP contribution >= 0.6 is 0 Å². The maximum Gasteiger partial charge on any atom is 0.338 e. The van der Waals surface area contributed by atoms with Gasteiger partial charge in [0.2, 0.25) is 0 Å². The summed E-state index contributed by atoms with van der Waals surface area (Å²) < 4.78 is 6.50. The first-order valence-corrected chi connectivity index (χ1v) is 14.6. The highest BCUT2D eigenvalue weighted by Gasteiger charge is 2.29. The fourth-order valence-electron chi connectivity index (χ4n) is 5.97. The highest BCUT2D eigenvalue weighted by molar-refractivity contribution is 5.98. The molecule has 0 saturated carbocycles. The first kappa shape index (κ1) is 29.5. The fourth-order valence-corrected chi connectivity index (χ4v) is 5.97. The van der Waals surface area contributed by atoms with Crippen LogP contribution < -0.4 is 16.4 Å². The molecule has 13 heteroatoms. The van der Waals surface area contributed by atoms with Crippen LogP contribution in [0.3, 0.4) is 0 Å². The van der Waals surface area contributed by atoms with Gasteiger partial charge in [-0.2, -0.15) is 14.6 Å². The SMILES string of the molecule is C=CCOC(=O)c1ccc2c(c1C)CC[C@@H]2NC(=O)c1cc(C(=O)NCc2ccc3c(c2)CN(C(N)=O)CC3)nc2ncnn12. The summed E-state index contributed by atoms with van der Waals surface area (Å²) >= 11 is 0. The van der Waals surface area contributed by atoms with E-state index in [2.05, 4.69) is 32.3 Å². The number of nitrogens with one attached hydrogen (secondary N) is 2. The van der Waals surface area contributed by atoms with Crippen LogP contribution in [0.1, 0.15) is 77.2 Å². The molecule has 0 fully saturated rings. The van der Waals surface area contributed by atoms with Crippen molar-refractivity contribution in [2.75, 3.05) is 13.2 Å². The molecule has 4 N–H and O–H groups in total. The third kappa shape index (κ3) is 5.84. The van der Waals surface area contributed by atoms with E-state index in [9.17, 15) is 19.2 Å². The summed E-state index contributed by atoms with van der Waals surface area (Å²) in [4.78, 5) is 60.9. The first-order chi connectivity index (χ1) is 21.7. The van der Waals surface area contributed by atoms with E-state index in [4.69, 9.17) is 10.5 Å². The number of rotatable bonds is 8. The van der Waals surface area contributed by atoms with Crippen molar-refractivity contribution in [1.29, 1.82) is 0 Å². The molecule has 13 nitrogen and oxygen atoms in total. The van der Waals surface area contributed by atoms with E-state index >= 15 is 0 Å². The number of ether oxygens (including phenoxy) is 1. The van der Waals surface area contributed by atoms with Gasteiger partial charge in [0.15, 0.2) is 0 Å². The molecule has 4 amide bonds. The topological polar surface area (TPSA) is 174 Å². The molecule has 3 heterocycles. The lowest BCUT2D eigenvalue weighted by Gasteiger charge is -2.27. The lowest BCUT2D eigenvalue weighted by Crippen LogP contribution is -2.39. The van der Waals surface area contributed by atoms with Gasteiger partial charge in [-0.05, 0) is 65.6 Å². The third-order valence-electron chi connectivity index (χ3n) is 8.32. The quantitative estimate of drug-likeness (QED) is 0.202. The second kappa shape index (κ2) is 12.2. The summed E-state index contributed by atoms with van der Waals surface area (Å²) in [6, 6.07) is 10.1. The Hall–Kier alpha value is -5.59. The number of carbonyl (C=O) groups is 4. The number of esters is 1. The monoisotopic (exact) mass is 608 g/mol. The van der Waals surface area contributed by atoms with Gasteiger partial charge in [0, 0.05) is 25.7 Å². The van der Waals surface area contributed by atoms with Crippen molar-refractivity contribution in [3.05, 3.63) is 106 Å². The van der Waals surface area contributed by atoms with Gasteiger partial charge in [-0.25, -0.2) is 14.6 Å². The Kier molecular flexibility index (Phi) is 7.98. The van der Waals surface area contributed by atoms with E-state index in [-0.39, 0.29) is 36.4 Å². The molecule has 2 aromatic heterocycles. The third-order valence-corrected chi connectivity index (χ3v) is 8.32. The summed E-state index contributed by atoms with van der Waals surface area (Å²) in [5, 5.41) is 10.1. The summed E-state index contributed by atoms with van der Waals surface area (Å²) in [6.07, 6.45) is 4.83. The Balaban J connectivity index is 1.17. The van der Waals surface area contributed by atoms with E-state index in [1.807, 2.05) is 31.2 Å². The van der Waals surface area contributed by atoms with Crippen molar-refractivity contribution in [1.82, 2.24) is 35.1 Å². The van der Waals surface area contributed by atoms with E-state index in [1.165, 1.54) is 23.0 Å². The van der Waals surface area contributed by atoms with Crippen molar-refractivity contribution in [3.63, 3.8) is 0 Å². The zero-order chi connectivity index (χ0) is 31.7. The van der Waals surface area contributed by atoms with Crippen molar-refractivity contribution in [2.24, 2.45) is 5.73 Å². The molecule has 2 aliphatic rings. The lowest BCUT2D eigenvalue weighted by atomic mass is 9.97. The maximum atomic E-state index is 13.6. The molecule has 0 spiro atoms. The Labute approximate surface area is 258 Å². The molecule has 6 rings (SSSR count). The molecular weight excluding hydrogens is 576 g/mol. The van der Waals surface area contributed by atoms with Gasteiger partial charge in [0.25, 0.3) is 17.6 Å². The molecule has 1 atom stereocenters. The van der Waals surface area contributed by atoms with Gasteiger partial charge in [-0.15, -0.1) is 0 Å². The number of nitrogens with zero attached hydrogens (tertiary/aromatic N) is 5. The van der Waals surface area contributed by atoms with Crippen LogP contribution in [0.4, 0.5) is 4.79 Å². The zero-order valence-electron chi connectivity index (χ0n) is 24.7. The minimum atomic E-state index is -0.483. The summed E-state index contributed by atoms with van der Waals surface area (Å²) in [6.45, 7) is 6.79. The summed E-state index contributed by atoms with van der Waals surface area (Å²) in [5.74, 6) is -1.23. The number of urea groups is 1. The van der Waals surface area contributed by atoms with Crippen LogP contribution in [0, 0.1) is 6.92 Å². The predicted octanol–water partition coefficient (Wildman–Crippen LogP) is 2.56. The van der Waals surface area contributed by atoms with Crippen molar-refractivity contribution < 1.29 is 23.9 Å². The molecule has 4 aromatic rings. The molecule has 0 unspecified atom stereocenters. The highest BCUT2D eigenvalue weighted by Crippen LogP contribution is 2.35. The molecule has 1 aliphatic heterocycles. The number of hydrogen-bond acceptors (Lipinski definition) is 8. The van der Waals surface area contributed by atoms with Crippen LogP contribution in [0.15, 0.2) is 55.4 Å². The number of nitrogens with two attached hydrogens (primary N) is 1. The van der Waals surface area contributed by atoms with Gasteiger partial charge in [0.1, 0.15) is 24.3 Å². The summed E-state index contributed by atoms with van der Waals surface area (Å²) in [5.41, 5.74) is 11.8. The number of primary amides is 1. The molecule has 2 aromatic carbocycles. The van der Waals surface area contributed by atoms with Gasteiger partial charge >= 0.3 is 12.0 Å². The summed E-state index contributed by atoms with van der Waals surface area (Å²) in [7, 11) is 0. The predicted molar refractivity (Wildman–Crippen MR) is 162 cm³/mol. The van der Waals surface area contributed by atoms with Gasteiger partial charge in [-0.1, -0.05) is 36.9 Å². The highest BCUT2D eigenvalue weighted by atomic mass is 16.5. The number of benzene rings is 2. The smallest absolute Gasteiger partial charge is 0.338 e. The first-order valence-electron chi connectivity index (χ1n) is 14.6. The Morgan fingerprint density at radius 1 is 1.11 bits per heavy atom. The second-order valence-electron chi connectivity index (χ2n) is 11.1. The normalized spacial score (nSPS) is 15.2. The minimum Gasteiger partial charge on any atom is -0.458 e. The van der Waals surface area contributed by atoms with Crippen LogP contribution in [-0.4, -0.2) is 61.4 Å². The van der Waals surface area contributed by atoms with Gasteiger partial charge in [0.05, 0.1) is 11.6 Å². The molecule has 0 radical (unpaired) electrons. The van der Waals surface area contributed by atoms with Crippen LogP contribution in [-0.2, 0) is 30.7 Å². The van der Waals surface area contributed by atoms with Crippen molar-refractivity contribution in [2.45, 2.75) is 45.3 Å². The fraction of sp³-hybridized carbons (Fsp3) is 0.281. The van der Waals surface area contributed by atoms with Gasteiger partial charge in [-0.3, -0.25) is 9.59 Å². The van der Waals surface area contributed by atoms with Crippen LogP contribution in [0.5, 0.6) is 0 Å². The Morgan fingerprint density at radius 2 is 1.96 bits per heavy atom. The average molecular weight is 609 g/mol. The lowest BCUT2D eigenvalue weighted by molar-refractivity contribution is 0.0548. The van der Waals surface area contributed by atoms with Crippen LogP contribution in [0.2, 0.25) is 0 Å². The number of amides is 4. The molecular formula is C32H32N8O5. The second-order valence-corrected chi connectivity index (χ2v) is 11.1. The minimum absolute atomic E-state index is 0.0175. The van der Waals surface area contributed by atoms with Crippen molar-refractivity contribution in [3.8, 4) is 0 Å². The molecule has 230 valence electrons.